The Bertz CT molecular complexity index is 991. The largest absolute Gasteiger partial charge is 0.421 e. The number of nitrogens with one attached hydrogen (secondary N) is 2. The molecule has 0 aliphatic carbocycles. The molecular weight excluding hydrogens is 373 g/mol. The predicted molar refractivity (Wildman–Crippen MR) is 96.4 cm³/mol. The number of rotatable bonds is 5. The smallest absolute Gasteiger partial charge is 0.370 e. The van der Waals surface area contributed by atoms with Crippen LogP contribution < -0.4 is 10.6 Å². The van der Waals surface area contributed by atoms with E-state index in [1.807, 2.05) is 17.8 Å². The SMILES string of the molecule is CCNc1nc(Nc2cnn(C3CCn4cncc43)c2C)ncc1C(F)(F)F. The Kier molecular flexibility index (Phi) is 4.44. The molecule has 0 radical (unpaired) electrons. The second kappa shape index (κ2) is 6.80. The third-order valence-electron chi connectivity index (χ3n) is 4.75. The zero-order valence-electron chi connectivity index (χ0n) is 15.3. The normalized spacial score (nSPS) is 16.2. The van der Waals surface area contributed by atoms with Gasteiger partial charge >= 0.3 is 6.18 Å². The molecule has 0 saturated carbocycles. The molecule has 2 N–H and O–H groups in total. The van der Waals surface area contributed by atoms with E-state index in [1.54, 1.807) is 19.4 Å². The van der Waals surface area contributed by atoms with Crippen molar-refractivity contribution in [2.45, 2.75) is 39.0 Å². The number of hydrogen-bond donors (Lipinski definition) is 2. The zero-order chi connectivity index (χ0) is 19.9. The molecule has 0 bridgehead atoms. The minimum absolute atomic E-state index is 0.0723. The van der Waals surface area contributed by atoms with Gasteiger partial charge in [0.05, 0.1) is 41.8 Å². The van der Waals surface area contributed by atoms with E-state index in [0.717, 1.165) is 30.6 Å². The number of halogens is 3. The zero-order valence-corrected chi connectivity index (χ0v) is 15.3. The summed E-state index contributed by atoms with van der Waals surface area (Å²) in [7, 11) is 0. The molecule has 0 fully saturated rings. The molecule has 1 aliphatic heterocycles. The lowest BCUT2D eigenvalue weighted by molar-refractivity contribution is -0.137. The van der Waals surface area contributed by atoms with Crippen molar-refractivity contribution >= 4 is 17.5 Å². The van der Waals surface area contributed by atoms with Crippen LogP contribution >= 0.6 is 0 Å². The third kappa shape index (κ3) is 3.16. The molecule has 148 valence electrons. The van der Waals surface area contributed by atoms with Gasteiger partial charge in [-0.25, -0.2) is 9.97 Å². The van der Waals surface area contributed by atoms with Crippen molar-refractivity contribution in [1.82, 2.24) is 29.3 Å². The van der Waals surface area contributed by atoms with Gasteiger partial charge in [-0.2, -0.15) is 23.3 Å². The average molecular weight is 392 g/mol. The summed E-state index contributed by atoms with van der Waals surface area (Å²) < 4.78 is 43.3. The molecule has 1 aliphatic rings. The number of nitrogens with zero attached hydrogens (tertiary/aromatic N) is 6. The molecule has 0 spiro atoms. The van der Waals surface area contributed by atoms with Crippen LogP contribution in [0, 0.1) is 6.92 Å². The average Bonchev–Trinajstić information content (AvgIpc) is 3.32. The first kappa shape index (κ1) is 18.3. The van der Waals surface area contributed by atoms with Gasteiger partial charge in [0.25, 0.3) is 0 Å². The van der Waals surface area contributed by atoms with Crippen molar-refractivity contribution in [3.05, 3.63) is 41.9 Å². The molecule has 28 heavy (non-hydrogen) atoms. The summed E-state index contributed by atoms with van der Waals surface area (Å²) in [5.74, 6) is -0.180. The molecule has 0 aromatic carbocycles. The summed E-state index contributed by atoms with van der Waals surface area (Å²) in [5.41, 5.74) is 1.66. The second-order valence-corrected chi connectivity index (χ2v) is 6.51. The van der Waals surface area contributed by atoms with Gasteiger partial charge in [0.2, 0.25) is 5.95 Å². The molecular formula is C17H19F3N8. The van der Waals surface area contributed by atoms with Gasteiger partial charge in [0, 0.05) is 19.3 Å². The minimum Gasteiger partial charge on any atom is -0.370 e. The van der Waals surface area contributed by atoms with Crippen molar-refractivity contribution in [1.29, 1.82) is 0 Å². The molecule has 3 aromatic heterocycles. The van der Waals surface area contributed by atoms with E-state index >= 15 is 0 Å². The highest BCUT2D eigenvalue weighted by Crippen LogP contribution is 2.35. The fraction of sp³-hybridized carbons (Fsp3) is 0.412. The summed E-state index contributed by atoms with van der Waals surface area (Å²) in [4.78, 5) is 12.0. The monoisotopic (exact) mass is 392 g/mol. The van der Waals surface area contributed by atoms with Crippen LogP contribution in [0.15, 0.2) is 24.9 Å². The number of aryl methyl sites for hydroxylation is 1. The van der Waals surface area contributed by atoms with Crippen LogP contribution in [0.5, 0.6) is 0 Å². The molecule has 4 rings (SSSR count). The second-order valence-electron chi connectivity index (χ2n) is 6.51. The van der Waals surface area contributed by atoms with Gasteiger partial charge in [0.15, 0.2) is 0 Å². The Morgan fingerprint density at radius 1 is 1.25 bits per heavy atom. The van der Waals surface area contributed by atoms with E-state index in [4.69, 9.17) is 0 Å². The van der Waals surface area contributed by atoms with E-state index in [-0.39, 0.29) is 17.8 Å². The van der Waals surface area contributed by atoms with Gasteiger partial charge in [-0.1, -0.05) is 0 Å². The highest BCUT2D eigenvalue weighted by Gasteiger charge is 2.35. The van der Waals surface area contributed by atoms with Crippen LogP contribution in [-0.4, -0.2) is 35.8 Å². The van der Waals surface area contributed by atoms with Crippen LogP contribution in [0.3, 0.4) is 0 Å². The first-order valence-corrected chi connectivity index (χ1v) is 8.87. The van der Waals surface area contributed by atoms with E-state index in [9.17, 15) is 13.2 Å². The first-order chi connectivity index (χ1) is 13.4. The molecule has 1 unspecified atom stereocenters. The third-order valence-corrected chi connectivity index (χ3v) is 4.75. The Morgan fingerprint density at radius 2 is 2.07 bits per heavy atom. The molecule has 1 atom stereocenters. The highest BCUT2D eigenvalue weighted by atomic mass is 19.4. The highest BCUT2D eigenvalue weighted by molar-refractivity contribution is 5.58. The first-order valence-electron chi connectivity index (χ1n) is 8.87. The lowest BCUT2D eigenvalue weighted by Crippen LogP contribution is -2.14. The number of fused-ring (bicyclic) bond motifs is 1. The number of hydrogen-bond acceptors (Lipinski definition) is 6. The number of alkyl halides is 3. The van der Waals surface area contributed by atoms with Gasteiger partial charge < -0.3 is 15.2 Å². The van der Waals surface area contributed by atoms with Crippen molar-refractivity contribution in [3.8, 4) is 0 Å². The topological polar surface area (TPSA) is 85.5 Å². The minimum atomic E-state index is -4.53. The molecule has 0 saturated heterocycles. The number of imidazole rings is 1. The molecule has 11 heteroatoms. The van der Waals surface area contributed by atoms with Crippen molar-refractivity contribution in [2.24, 2.45) is 0 Å². The van der Waals surface area contributed by atoms with Gasteiger partial charge in [-0.15, -0.1) is 0 Å². The lowest BCUT2D eigenvalue weighted by Gasteiger charge is -2.14. The maximum absolute atomic E-state index is 13.1. The van der Waals surface area contributed by atoms with Gasteiger partial charge in [0.1, 0.15) is 11.4 Å². The molecule has 3 aromatic rings. The van der Waals surface area contributed by atoms with Crippen molar-refractivity contribution in [3.63, 3.8) is 0 Å². The van der Waals surface area contributed by atoms with Crippen LogP contribution in [0.25, 0.3) is 0 Å². The fourth-order valence-electron chi connectivity index (χ4n) is 3.38. The van der Waals surface area contributed by atoms with E-state index in [2.05, 4.69) is 35.3 Å². The van der Waals surface area contributed by atoms with Crippen LogP contribution in [-0.2, 0) is 12.7 Å². The van der Waals surface area contributed by atoms with Crippen molar-refractivity contribution < 1.29 is 13.2 Å². The lowest BCUT2D eigenvalue weighted by atomic mass is 10.2. The van der Waals surface area contributed by atoms with Crippen LogP contribution in [0.2, 0.25) is 0 Å². The van der Waals surface area contributed by atoms with Gasteiger partial charge in [-0.05, 0) is 20.3 Å². The summed E-state index contributed by atoms with van der Waals surface area (Å²) in [6.45, 7) is 4.78. The maximum atomic E-state index is 13.1. The Labute approximate surface area is 158 Å². The van der Waals surface area contributed by atoms with Gasteiger partial charge in [-0.3, -0.25) is 4.68 Å². The Hall–Kier alpha value is -3.11. The maximum Gasteiger partial charge on any atom is 0.421 e. The number of anilines is 3. The van der Waals surface area contributed by atoms with Crippen LogP contribution in [0.1, 0.15) is 36.3 Å². The molecule has 0 amide bonds. The quantitative estimate of drug-likeness (QED) is 0.693. The van der Waals surface area contributed by atoms with E-state index in [1.165, 1.54) is 0 Å². The Morgan fingerprint density at radius 3 is 2.82 bits per heavy atom. The Balaban J connectivity index is 1.60. The van der Waals surface area contributed by atoms with Crippen molar-refractivity contribution in [2.75, 3.05) is 17.2 Å². The molecule has 8 nitrogen and oxygen atoms in total. The summed E-state index contributed by atoms with van der Waals surface area (Å²) in [6.07, 6.45) is 2.41. The van der Waals surface area contributed by atoms with Crippen LogP contribution in [0.4, 0.5) is 30.6 Å². The van der Waals surface area contributed by atoms with E-state index < -0.39 is 11.7 Å². The fourth-order valence-corrected chi connectivity index (χ4v) is 3.38. The predicted octanol–water partition coefficient (Wildman–Crippen LogP) is 3.37. The van der Waals surface area contributed by atoms with E-state index in [0.29, 0.717) is 12.2 Å². The number of aromatic nitrogens is 6. The molecule has 4 heterocycles. The summed E-state index contributed by atoms with van der Waals surface area (Å²) in [6, 6.07) is 0.0730. The standard InChI is InChI=1S/C17H19F3N8/c1-3-22-15-11(17(18,19)20)6-23-16(26-15)25-12-7-24-28(10(12)2)13-4-5-27-9-21-8-14(13)27/h6-9,13H,3-5H2,1-2H3,(H2,22,23,25,26). The summed E-state index contributed by atoms with van der Waals surface area (Å²) >= 11 is 0. The summed E-state index contributed by atoms with van der Waals surface area (Å²) in [5, 5.41) is 10.1.